The number of aromatic nitrogens is 4. The number of ether oxygens (including phenoxy) is 4. The van der Waals surface area contributed by atoms with Gasteiger partial charge < -0.3 is 24.7 Å². The van der Waals surface area contributed by atoms with Crippen LogP contribution in [0.4, 0.5) is 8.78 Å². The minimum Gasteiger partial charge on any atom is -0.496 e. The molecule has 0 unspecified atom stereocenters. The van der Waals surface area contributed by atoms with Crippen LogP contribution in [0.2, 0.25) is 5.02 Å². The lowest BCUT2D eigenvalue weighted by Gasteiger charge is -2.17. The van der Waals surface area contributed by atoms with Crippen molar-refractivity contribution in [3.05, 3.63) is 63.3 Å². The first-order valence-corrected chi connectivity index (χ1v) is 10.5. The molecule has 1 amide bonds. The van der Waals surface area contributed by atoms with Crippen LogP contribution in [-0.2, 0) is 11.4 Å². The predicted octanol–water partition coefficient (Wildman–Crippen LogP) is 2.50. The summed E-state index contributed by atoms with van der Waals surface area (Å²) in [7, 11) is 2.67. The maximum atomic E-state index is 14.4. The highest BCUT2D eigenvalue weighted by Gasteiger charge is 2.21. The SMILES string of the molecule is COc1ccc(F)c(F)c1COc1cc(-n2c(=O)[nH]c3c(OC)ncnc32)c(Cl)cc1OCC(N)=O. The molecule has 0 atom stereocenters. The number of hydrogen-bond donors (Lipinski definition) is 2. The third-order valence-corrected chi connectivity index (χ3v) is 5.30. The van der Waals surface area contributed by atoms with Crippen LogP contribution in [0, 0.1) is 11.6 Å². The highest BCUT2D eigenvalue weighted by Crippen LogP contribution is 2.37. The van der Waals surface area contributed by atoms with Crippen LogP contribution in [0.15, 0.2) is 35.4 Å². The van der Waals surface area contributed by atoms with Gasteiger partial charge in [-0.05, 0) is 12.1 Å². The molecule has 0 bridgehead atoms. The Kier molecular flexibility index (Phi) is 6.92. The number of halogens is 3. The van der Waals surface area contributed by atoms with Crippen LogP contribution in [0.5, 0.6) is 23.1 Å². The van der Waals surface area contributed by atoms with E-state index >= 15 is 0 Å². The summed E-state index contributed by atoms with van der Waals surface area (Å²) in [6.07, 6.45) is 1.19. The Bertz CT molecular complexity index is 1520. The van der Waals surface area contributed by atoms with Crippen molar-refractivity contribution in [3.63, 3.8) is 0 Å². The predicted molar refractivity (Wildman–Crippen MR) is 123 cm³/mol. The Balaban J connectivity index is 1.83. The monoisotopic (exact) mass is 521 g/mol. The summed E-state index contributed by atoms with van der Waals surface area (Å²) in [6.45, 7) is -1.03. The van der Waals surface area contributed by atoms with Gasteiger partial charge in [0.25, 0.3) is 5.91 Å². The van der Waals surface area contributed by atoms with Crippen molar-refractivity contribution in [2.45, 2.75) is 6.61 Å². The number of fused-ring (bicyclic) bond motifs is 1. The number of amides is 1. The van der Waals surface area contributed by atoms with Crippen molar-refractivity contribution in [1.82, 2.24) is 19.5 Å². The average Bonchev–Trinajstić information content (AvgIpc) is 3.19. The van der Waals surface area contributed by atoms with Crippen LogP contribution in [0.1, 0.15) is 5.56 Å². The number of aromatic amines is 1. The van der Waals surface area contributed by atoms with Crippen molar-refractivity contribution in [2.24, 2.45) is 5.73 Å². The molecule has 0 fully saturated rings. The standard InChI is InChI=1S/C22H18ClF2N5O6/c1-33-14-4-3-12(24)18(25)10(14)7-35-16-6-13(11(23)5-15(16)36-8-17(26)31)30-20-19(29-22(30)32)21(34-2)28-9-27-20/h3-6,9H,7-8H2,1-2H3,(H2,26,31)(H,29,32). The third-order valence-electron chi connectivity index (χ3n) is 5.00. The van der Waals surface area contributed by atoms with E-state index in [2.05, 4.69) is 15.0 Å². The maximum absolute atomic E-state index is 14.4. The number of nitrogens with zero attached hydrogens (tertiary/aromatic N) is 3. The minimum atomic E-state index is -1.17. The summed E-state index contributed by atoms with van der Waals surface area (Å²) in [6, 6.07) is 4.75. The van der Waals surface area contributed by atoms with E-state index in [9.17, 15) is 18.4 Å². The van der Waals surface area contributed by atoms with Crippen LogP contribution >= 0.6 is 11.6 Å². The first-order chi connectivity index (χ1) is 17.2. The minimum absolute atomic E-state index is 0.0110. The van der Waals surface area contributed by atoms with Gasteiger partial charge in [0, 0.05) is 12.1 Å². The zero-order valence-corrected chi connectivity index (χ0v) is 19.6. The fraction of sp³-hybridized carbons (Fsp3) is 0.182. The molecule has 0 spiro atoms. The topological polar surface area (TPSA) is 144 Å². The number of benzene rings is 2. The van der Waals surface area contributed by atoms with Crippen molar-refractivity contribution < 1.29 is 32.5 Å². The molecule has 2 aromatic heterocycles. The fourth-order valence-corrected chi connectivity index (χ4v) is 3.64. The van der Waals surface area contributed by atoms with Gasteiger partial charge in [-0.3, -0.25) is 9.78 Å². The normalized spacial score (nSPS) is 10.9. The smallest absolute Gasteiger partial charge is 0.332 e. The summed E-state index contributed by atoms with van der Waals surface area (Å²) < 4.78 is 50.8. The molecule has 2 heterocycles. The van der Waals surface area contributed by atoms with Crippen molar-refractivity contribution >= 4 is 28.7 Å². The number of carbonyl (C=O) groups is 1. The molecule has 0 aliphatic heterocycles. The summed E-state index contributed by atoms with van der Waals surface area (Å²) in [5, 5.41) is 0.0110. The maximum Gasteiger partial charge on any atom is 0.332 e. The Morgan fingerprint density at radius 3 is 2.56 bits per heavy atom. The Morgan fingerprint density at radius 2 is 1.86 bits per heavy atom. The average molecular weight is 522 g/mol. The van der Waals surface area contributed by atoms with E-state index < -0.39 is 36.4 Å². The number of primary amides is 1. The number of imidazole rings is 1. The van der Waals surface area contributed by atoms with E-state index in [0.29, 0.717) is 0 Å². The number of rotatable bonds is 9. The molecule has 14 heteroatoms. The molecule has 0 aliphatic carbocycles. The number of hydrogen-bond acceptors (Lipinski definition) is 8. The zero-order valence-electron chi connectivity index (χ0n) is 18.8. The Morgan fingerprint density at radius 1 is 1.11 bits per heavy atom. The first kappa shape index (κ1) is 24.7. The molecule has 0 saturated heterocycles. The Hall–Kier alpha value is -4.39. The third kappa shape index (κ3) is 4.60. The van der Waals surface area contributed by atoms with E-state index in [1.165, 1.54) is 38.7 Å². The molecule has 36 heavy (non-hydrogen) atoms. The molecule has 3 N–H and O–H groups in total. The lowest BCUT2D eigenvalue weighted by atomic mass is 10.2. The number of carbonyl (C=O) groups excluding carboxylic acids is 1. The summed E-state index contributed by atoms with van der Waals surface area (Å²) in [5.74, 6) is -2.99. The Labute approximate surface area is 206 Å². The number of methoxy groups -OCH3 is 2. The van der Waals surface area contributed by atoms with Crippen molar-refractivity contribution in [2.75, 3.05) is 20.8 Å². The molecule has 4 aromatic rings. The molecule has 0 saturated carbocycles. The summed E-state index contributed by atoms with van der Waals surface area (Å²) in [5.41, 5.74) is 4.78. The number of H-pyrrole nitrogens is 1. The van der Waals surface area contributed by atoms with Crippen molar-refractivity contribution in [3.8, 4) is 28.8 Å². The second kappa shape index (κ2) is 10.1. The zero-order chi connectivity index (χ0) is 26.0. The molecule has 4 rings (SSSR count). The van der Waals surface area contributed by atoms with Crippen LogP contribution in [0.3, 0.4) is 0 Å². The largest absolute Gasteiger partial charge is 0.496 e. The second-order valence-electron chi connectivity index (χ2n) is 7.18. The van der Waals surface area contributed by atoms with Gasteiger partial charge in [0.15, 0.2) is 35.4 Å². The molecule has 0 aliphatic rings. The van der Waals surface area contributed by atoms with Gasteiger partial charge in [-0.1, -0.05) is 11.6 Å². The van der Waals surface area contributed by atoms with E-state index in [4.69, 9.17) is 36.3 Å². The van der Waals surface area contributed by atoms with Gasteiger partial charge in [-0.15, -0.1) is 0 Å². The van der Waals surface area contributed by atoms with Crippen molar-refractivity contribution in [1.29, 1.82) is 0 Å². The molecule has 11 nitrogen and oxygen atoms in total. The number of nitrogens with one attached hydrogen (secondary N) is 1. The second-order valence-corrected chi connectivity index (χ2v) is 7.59. The van der Waals surface area contributed by atoms with E-state index in [0.717, 1.165) is 10.6 Å². The molecular formula is C22H18ClF2N5O6. The van der Waals surface area contributed by atoms with E-state index in [1.807, 2.05) is 0 Å². The molecule has 2 aromatic carbocycles. The molecule has 188 valence electrons. The molecule has 0 radical (unpaired) electrons. The van der Waals surface area contributed by atoms with Gasteiger partial charge in [0.1, 0.15) is 24.2 Å². The molecular weight excluding hydrogens is 504 g/mol. The van der Waals surface area contributed by atoms with Gasteiger partial charge in [-0.25, -0.2) is 23.1 Å². The van der Waals surface area contributed by atoms with Crippen LogP contribution in [0.25, 0.3) is 16.9 Å². The number of nitrogens with two attached hydrogens (primary N) is 1. The lowest BCUT2D eigenvalue weighted by molar-refractivity contribution is -0.119. The van der Waals surface area contributed by atoms with Gasteiger partial charge in [-0.2, -0.15) is 4.98 Å². The highest BCUT2D eigenvalue weighted by atomic mass is 35.5. The fourth-order valence-electron chi connectivity index (χ4n) is 3.40. The van der Waals surface area contributed by atoms with E-state index in [1.54, 1.807) is 0 Å². The highest BCUT2D eigenvalue weighted by molar-refractivity contribution is 6.32. The van der Waals surface area contributed by atoms with Gasteiger partial charge in [0.05, 0.1) is 30.5 Å². The summed E-state index contributed by atoms with van der Waals surface area (Å²) in [4.78, 5) is 34.7. The van der Waals surface area contributed by atoms with Gasteiger partial charge >= 0.3 is 5.69 Å². The van der Waals surface area contributed by atoms with Crippen LogP contribution < -0.4 is 30.4 Å². The van der Waals surface area contributed by atoms with Gasteiger partial charge in [0.2, 0.25) is 5.88 Å². The van der Waals surface area contributed by atoms with Crippen LogP contribution in [-0.4, -0.2) is 46.3 Å². The first-order valence-electron chi connectivity index (χ1n) is 10.1. The summed E-state index contributed by atoms with van der Waals surface area (Å²) >= 11 is 6.44. The quantitative estimate of drug-likeness (QED) is 0.342. The van der Waals surface area contributed by atoms with E-state index in [-0.39, 0.29) is 50.6 Å². The lowest BCUT2D eigenvalue weighted by Crippen LogP contribution is -2.20.